The zero-order valence-electron chi connectivity index (χ0n) is 12.0. The van der Waals surface area contributed by atoms with Crippen molar-refractivity contribution in [3.63, 3.8) is 0 Å². The maximum atomic E-state index is 2.63. The first-order valence-corrected chi connectivity index (χ1v) is 8.45. The average molecular weight is 279 g/mol. The molecule has 1 fully saturated rings. The van der Waals surface area contributed by atoms with Crippen molar-refractivity contribution < 1.29 is 0 Å². The van der Waals surface area contributed by atoms with E-state index in [1.165, 1.54) is 65.3 Å². The topological polar surface area (TPSA) is 9.72 Å². The van der Waals surface area contributed by atoms with E-state index in [0.717, 1.165) is 0 Å². The Labute approximate surface area is 120 Å². The minimum Gasteiger partial charge on any atom is -0.301 e. The molecule has 0 saturated carbocycles. The Morgan fingerprint density at radius 2 is 1.74 bits per heavy atom. The van der Waals surface area contributed by atoms with Crippen molar-refractivity contribution in [2.75, 3.05) is 52.4 Å². The molecule has 0 atom stereocenters. The highest BCUT2D eigenvalue weighted by Crippen LogP contribution is 2.23. The number of hydrogen-bond donors (Lipinski definition) is 0. The molecule has 106 valence electrons. The summed E-state index contributed by atoms with van der Waals surface area (Å²) in [6, 6.07) is 2.31. The van der Waals surface area contributed by atoms with Gasteiger partial charge in [0.25, 0.3) is 0 Å². The third-order valence-electron chi connectivity index (χ3n) is 4.53. The summed E-state index contributed by atoms with van der Waals surface area (Å²) in [6.45, 7) is 13.4. The SMILES string of the molecule is CCN1CCN(CCN2CCc3sccc3C2)CC1. The molecule has 1 aromatic heterocycles. The third kappa shape index (κ3) is 3.37. The van der Waals surface area contributed by atoms with Gasteiger partial charge in [0.1, 0.15) is 0 Å². The van der Waals surface area contributed by atoms with Gasteiger partial charge in [0.2, 0.25) is 0 Å². The molecule has 0 aliphatic carbocycles. The molecule has 3 rings (SSSR count). The van der Waals surface area contributed by atoms with Crippen LogP contribution in [0.3, 0.4) is 0 Å². The average Bonchev–Trinajstić information content (AvgIpc) is 2.93. The molecule has 2 aliphatic rings. The maximum absolute atomic E-state index is 2.63. The highest BCUT2D eigenvalue weighted by Gasteiger charge is 2.19. The first-order valence-electron chi connectivity index (χ1n) is 7.57. The smallest absolute Gasteiger partial charge is 0.0245 e. The molecular weight excluding hydrogens is 254 g/mol. The molecule has 0 bridgehead atoms. The Bertz CT molecular complexity index is 396. The van der Waals surface area contributed by atoms with Crippen LogP contribution in [-0.2, 0) is 13.0 Å². The Morgan fingerprint density at radius 1 is 1.00 bits per heavy atom. The van der Waals surface area contributed by atoms with Crippen LogP contribution in [0.5, 0.6) is 0 Å². The summed E-state index contributed by atoms with van der Waals surface area (Å²) in [5, 5.41) is 2.25. The van der Waals surface area contributed by atoms with E-state index >= 15 is 0 Å². The second kappa shape index (κ2) is 6.35. The summed E-state index contributed by atoms with van der Waals surface area (Å²) in [5.74, 6) is 0. The first kappa shape index (κ1) is 13.6. The van der Waals surface area contributed by atoms with Gasteiger partial charge in [0, 0.05) is 57.2 Å². The van der Waals surface area contributed by atoms with Gasteiger partial charge >= 0.3 is 0 Å². The van der Waals surface area contributed by atoms with E-state index < -0.39 is 0 Å². The Morgan fingerprint density at radius 3 is 2.53 bits per heavy atom. The Balaban J connectivity index is 1.42. The van der Waals surface area contributed by atoms with Gasteiger partial charge in [-0.3, -0.25) is 9.80 Å². The van der Waals surface area contributed by atoms with E-state index in [4.69, 9.17) is 0 Å². The Hall–Kier alpha value is -0.420. The van der Waals surface area contributed by atoms with Gasteiger partial charge in [0.15, 0.2) is 0 Å². The van der Waals surface area contributed by atoms with Crippen LogP contribution in [0.25, 0.3) is 0 Å². The lowest BCUT2D eigenvalue weighted by Gasteiger charge is -2.35. The van der Waals surface area contributed by atoms with Crippen LogP contribution in [0.4, 0.5) is 0 Å². The van der Waals surface area contributed by atoms with Crippen LogP contribution in [-0.4, -0.2) is 67.1 Å². The number of thiophene rings is 1. The van der Waals surface area contributed by atoms with Crippen molar-refractivity contribution in [3.05, 3.63) is 21.9 Å². The predicted octanol–water partition coefficient (Wildman–Crippen LogP) is 1.74. The number of rotatable bonds is 4. The molecule has 0 amide bonds. The zero-order valence-corrected chi connectivity index (χ0v) is 12.8. The standard InChI is InChI=1S/C15H25N3S/c1-2-16-6-8-17(9-7-16)10-11-18-5-3-15-14(13-18)4-12-19-15/h4,12H,2-3,5-11,13H2,1H3. The number of likely N-dealkylation sites (N-methyl/N-ethyl adjacent to an activating group) is 1. The minimum atomic E-state index is 1.17. The van der Waals surface area contributed by atoms with Gasteiger partial charge in [-0.05, 0) is 30.0 Å². The molecule has 0 spiro atoms. The van der Waals surface area contributed by atoms with Gasteiger partial charge < -0.3 is 4.90 Å². The van der Waals surface area contributed by atoms with Crippen molar-refractivity contribution in [3.8, 4) is 0 Å². The van der Waals surface area contributed by atoms with E-state index in [1.54, 1.807) is 10.4 Å². The molecule has 1 saturated heterocycles. The summed E-state index contributed by atoms with van der Waals surface area (Å²) in [4.78, 5) is 9.43. The fourth-order valence-electron chi connectivity index (χ4n) is 3.11. The second-order valence-electron chi connectivity index (χ2n) is 5.67. The highest BCUT2D eigenvalue weighted by atomic mass is 32.1. The van der Waals surface area contributed by atoms with Gasteiger partial charge in [-0.2, -0.15) is 0 Å². The molecule has 0 unspecified atom stereocenters. The fraction of sp³-hybridized carbons (Fsp3) is 0.733. The van der Waals surface area contributed by atoms with Crippen molar-refractivity contribution in [1.82, 2.24) is 14.7 Å². The molecular formula is C15H25N3S. The van der Waals surface area contributed by atoms with Crippen molar-refractivity contribution >= 4 is 11.3 Å². The lowest BCUT2D eigenvalue weighted by atomic mass is 10.1. The van der Waals surface area contributed by atoms with Crippen LogP contribution in [0, 0.1) is 0 Å². The number of nitrogens with zero attached hydrogens (tertiary/aromatic N) is 3. The van der Waals surface area contributed by atoms with Gasteiger partial charge in [0.05, 0.1) is 0 Å². The quantitative estimate of drug-likeness (QED) is 0.831. The molecule has 0 aromatic carbocycles. The predicted molar refractivity (Wildman–Crippen MR) is 81.9 cm³/mol. The largest absolute Gasteiger partial charge is 0.301 e. The Kier molecular flexibility index (Phi) is 4.53. The van der Waals surface area contributed by atoms with Crippen LogP contribution in [0.15, 0.2) is 11.4 Å². The van der Waals surface area contributed by atoms with Crippen molar-refractivity contribution in [2.45, 2.75) is 19.9 Å². The van der Waals surface area contributed by atoms with Gasteiger partial charge in [-0.25, -0.2) is 0 Å². The number of hydrogen-bond acceptors (Lipinski definition) is 4. The second-order valence-corrected chi connectivity index (χ2v) is 6.67. The van der Waals surface area contributed by atoms with E-state index in [1.807, 2.05) is 11.3 Å². The molecule has 0 N–H and O–H groups in total. The van der Waals surface area contributed by atoms with Crippen molar-refractivity contribution in [1.29, 1.82) is 0 Å². The normalized spacial score (nSPS) is 22.6. The van der Waals surface area contributed by atoms with Crippen molar-refractivity contribution in [2.24, 2.45) is 0 Å². The molecule has 0 radical (unpaired) electrons. The van der Waals surface area contributed by atoms with Crippen LogP contribution in [0.1, 0.15) is 17.4 Å². The summed E-state index contributed by atoms with van der Waals surface area (Å²) in [5.41, 5.74) is 1.58. The minimum absolute atomic E-state index is 1.17. The van der Waals surface area contributed by atoms with E-state index in [2.05, 4.69) is 33.1 Å². The summed E-state index contributed by atoms with van der Waals surface area (Å²) >= 11 is 1.93. The molecule has 3 heterocycles. The summed E-state index contributed by atoms with van der Waals surface area (Å²) in [6.07, 6.45) is 1.26. The van der Waals surface area contributed by atoms with E-state index in [-0.39, 0.29) is 0 Å². The molecule has 3 nitrogen and oxygen atoms in total. The lowest BCUT2D eigenvalue weighted by molar-refractivity contribution is 0.119. The van der Waals surface area contributed by atoms with Crippen LogP contribution in [0.2, 0.25) is 0 Å². The molecule has 19 heavy (non-hydrogen) atoms. The van der Waals surface area contributed by atoms with E-state index in [0.29, 0.717) is 0 Å². The number of fused-ring (bicyclic) bond motifs is 1. The number of piperazine rings is 1. The molecule has 1 aromatic rings. The molecule has 2 aliphatic heterocycles. The third-order valence-corrected chi connectivity index (χ3v) is 5.55. The van der Waals surface area contributed by atoms with Gasteiger partial charge in [-0.1, -0.05) is 6.92 Å². The summed E-state index contributed by atoms with van der Waals surface area (Å²) < 4.78 is 0. The van der Waals surface area contributed by atoms with Gasteiger partial charge in [-0.15, -0.1) is 11.3 Å². The lowest BCUT2D eigenvalue weighted by Crippen LogP contribution is -2.48. The first-order chi connectivity index (χ1) is 9.35. The summed E-state index contributed by atoms with van der Waals surface area (Å²) in [7, 11) is 0. The van der Waals surface area contributed by atoms with Crippen LogP contribution >= 0.6 is 11.3 Å². The maximum Gasteiger partial charge on any atom is 0.0245 e. The highest BCUT2D eigenvalue weighted by molar-refractivity contribution is 7.10. The van der Waals surface area contributed by atoms with E-state index in [9.17, 15) is 0 Å². The fourth-order valence-corrected chi connectivity index (χ4v) is 4.00. The van der Waals surface area contributed by atoms with Crippen LogP contribution < -0.4 is 0 Å². The molecule has 4 heteroatoms. The zero-order chi connectivity index (χ0) is 13.1. The monoisotopic (exact) mass is 279 g/mol.